The fourth-order valence-corrected chi connectivity index (χ4v) is 3.35. The zero-order valence-electron chi connectivity index (χ0n) is 17.1. The predicted molar refractivity (Wildman–Crippen MR) is 109 cm³/mol. The van der Waals surface area contributed by atoms with Gasteiger partial charge in [0.05, 0.1) is 19.4 Å². The third-order valence-electron chi connectivity index (χ3n) is 5.30. The number of phenolic OH excluding ortho intramolecular Hbond substituents is 2. The van der Waals surface area contributed by atoms with Crippen molar-refractivity contribution in [3.8, 4) is 11.5 Å². The Kier molecular flexibility index (Phi) is 7.26. The summed E-state index contributed by atoms with van der Waals surface area (Å²) in [6.45, 7) is 5.95. The van der Waals surface area contributed by atoms with Crippen LogP contribution in [0.2, 0.25) is 0 Å². The highest BCUT2D eigenvalue weighted by atomic mass is 16.5. The molecule has 0 radical (unpaired) electrons. The van der Waals surface area contributed by atoms with Crippen molar-refractivity contribution in [1.82, 2.24) is 0 Å². The number of carbonyl (C=O) groups excluding carboxylic acids is 1. The Balaban J connectivity index is 2.19. The Morgan fingerprint density at radius 3 is 1.90 bits per heavy atom. The van der Waals surface area contributed by atoms with Gasteiger partial charge in [0, 0.05) is 5.41 Å². The summed E-state index contributed by atoms with van der Waals surface area (Å²) in [5, 5.41) is 28.4. The molecular weight excluding hydrogens is 372 g/mol. The number of ether oxygens (including phenoxy) is 1. The largest absolute Gasteiger partial charge is 0.508 e. The topological polar surface area (TPSA) is 104 Å². The number of carboxylic acid groups (broad SMARTS) is 1. The first-order chi connectivity index (χ1) is 13.6. The smallest absolute Gasteiger partial charge is 0.306 e. The molecule has 156 valence electrons. The summed E-state index contributed by atoms with van der Waals surface area (Å²) in [5.74, 6) is -1.09. The number of hydrogen-bond donors (Lipinski definition) is 3. The number of carbonyl (C=O) groups is 2. The summed E-state index contributed by atoms with van der Waals surface area (Å²) in [6.07, 6.45) is 0.861. The summed E-state index contributed by atoms with van der Waals surface area (Å²) in [4.78, 5) is 22.2. The summed E-state index contributed by atoms with van der Waals surface area (Å²) >= 11 is 0. The van der Waals surface area contributed by atoms with Gasteiger partial charge < -0.3 is 20.1 Å². The van der Waals surface area contributed by atoms with Gasteiger partial charge in [-0.1, -0.05) is 31.2 Å². The molecule has 0 bridgehead atoms. The van der Waals surface area contributed by atoms with Crippen molar-refractivity contribution < 1.29 is 29.6 Å². The minimum absolute atomic E-state index is 0.138. The molecule has 2 rings (SSSR count). The maximum absolute atomic E-state index is 11.6. The number of phenols is 2. The van der Waals surface area contributed by atoms with Gasteiger partial charge in [-0.2, -0.15) is 0 Å². The molecule has 0 aliphatic heterocycles. The minimum Gasteiger partial charge on any atom is -0.508 e. The van der Waals surface area contributed by atoms with E-state index in [-0.39, 0.29) is 30.9 Å². The van der Waals surface area contributed by atoms with Gasteiger partial charge in [-0.15, -0.1) is 0 Å². The molecule has 3 N–H and O–H groups in total. The van der Waals surface area contributed by atoms with Gasteiger partial charge in [-0.3, -0.25) is 9.59 Å². The highest BCUT2D eigenvalue weighted by Gasteiger charge is 2.29. The lowest BCUT2D eigenvalue weighted by Crippen LogP contribution is -2.25. The molecule has 0 atom stereocenters. The number of hydrogen-bond acceptors (Lipinski definition) is 5. The summed E-state index contributed by atoms with van der Waals surface area (Å²) in [5.41, 5.74) is 3.13. The molecule has 2 aromatic carbocycles. The monoisotopic (exact) mass is 400 g/mol. The molecule has 0 heterocycles. The van der Waals surface area contributed by atoms with Gasteiger partial charge in [0.2, 0.25) is 0 Å². The Morgan fingerprint density at radius 2 is 1.45 bits per heavy atom. The van der Waals surface area contributed by atoms with Crippen LogP contribution >= 0.6 is 0 Å². The van der Waals surface area contributed by atoms with E-state index in [1.54, 1.807) is 12.1 Å². The highest BCUT2D eigenvalue weighted by molar-refractivity contribution is 5.76. The zero-order valence-corrected chi connectivity index (χ0v) is 17.1. The van der Waals surface area contributed by atoms with Crippen molar-refractivity contribution in [1.29, 1.82) is 0 Å². The van der Waals surface area contributed by atoms with Crippen LogP contribution in [0.3, 0.4) is 0 Å². The summed E-state index contributed by atoms with van der Waals surface area (Å²) in [7, 11) is 0. The van der Waals surface area contributed by atoms with Crippen LogP contribution < -0.4 is 0 Å². The Hall–Kier alpha value is -3.02. The molecule has 0 saturated carbocycles. The van der Waals surface area contributed by atoms with Crippen LogP contribution in [0, 0.1) is 13.8 Å². The first kappa shape index (κ1) is 22.3. The van der Waals surface area contributed by atoms with E-state index in [2.05, 4.69) is 6.92 Å². The number of rotatable bonds is 9. The average Bonchev–Trinajstić information content (AvgIpc) is 2.67. The van der Waals surface area contributed by atoms with Crippen molar-refractivity contribution in [3.05, 3.63) is 58.7 Å². The fourth-order valence-electron chi connectivity index (χ4n) is 3.35. The second kappa shape index (κ2) is 9.45. The molecule has 6 heteroatoms. The molecule has 0 amide bonds. The number of esters is 1. The number of benzene rings is 2. The van der Waals surface area contributed by atoms with E-state index in [4.69, 9.17) is 9.84 Å². The number of aryl methyl sites for hydroxylation is 2. The fraction of sp³-hybridized carbons (Fsp3) is 0.391. The van der Waals surface area contributed by atoms with Crippen LogP contribution in [-0.2, 0) is 19.7 Å². The van der Waals surface area contributed by atoms with Gasteiger partial charge in [-0.05, 0) is 61.1 Å². The van der Waals surface area contributed by atoms with Crippen molar-refractivity contribution in [2.45, 2.75) is 51.9 Å². The number of aromatic hydroxyl groups is 2. The molecule has 0 aliphatic carbocycles. The molecule has 2 aromatic rings. The lowest BCUT2D eigenvalue weighted by Gasteiger charge is -2.32. The predicted octanol–water partition coefficient (Wildman–Crippen LogP) is 4.21. The Morgan fingerprint density at radius 1 is 0.931 bits per heavy atom. The third kappa shape index (κ3) is 5.73. The van der Waals surface area contributed by atoms with E-state index >= 15 is 0 Å². The molecule has 0 aliphatic rings. The number of carboxylic acids is 1. The SMILES string of the molecule is Cc1cc(C(C)(CCCOC(=O)CCC(=O)O)c2ccc(O)c(C)c2)ccc1O. The maximum atomic E-state index is 11.6. The second-order valence-electron chi connectivity index (χ2n) is 7.55. The second-order valence-corrected chi connectivity index (χ2v) is 7.55. The first-order valence-electron chi connectivity index (χ1n) is 9.61. The van der Waals surface area contributed by atoms with Gasteiger partial charge in [0.25, 0.3) is 0 Å². The van der Waals surface area contributed by atoms with Gasteiger partial charge >= 0.3 is 11.9 Å². The summed E-state index contributed by atoms with van der Waals surface area (Å²) < 4.78 is 5.16. The highest BCUT2D eigenvalue weighted by Crippen LogP contribution is 2.39. The van der Waals surface area contributed by atoms with Crippen LogP contribution in [0.4, 0.5) is 0 Å². The van der Waals surface area contributed by atoms with Crippen LogP contribution in [0.1, 0.15) is 54.9 Å². The van der Waals surface area contributed by atoms with Crippen molar-refractivity contribution in [2.75, 3.05) is 6.61 Å². The lowest BCUT2D eigenvalue weighted by atomic mass is 9.72. The van der Waals surface area contributed by atoms with Gasteiger partial charge in [-0.25, -0.2) is 0 Å². The molecule has 0 spiro atoms. The van der Waals surface area contributed by atoms with Crippen LogP contribution in [0.5, 0.6) is 11.5 Å². The lowest BCUT2D eigenvalue weighted by molar-refractivity contribution is -0.147. The maximum Gasteiger partial charge on any atom is 0.306 e. The summed E-state index contributed by atoms with van der Waals surface area (Å²) in [6, 6.07) is 11.0. The molecule has 29 heavy (non-hydrogen) atoms. The normalized spacial score (nSPS) is 11.3. The van der Waals surface area contributed by atoms with E-state index in [1.165, 1.54) is 0 Å². The molecule has 0 unspecified atom stereocenters. The molecule has 0 aromatic heterocycles. The van der Waals surface area contributed by atoms with E-state index in [9.17, 15) is 19.8 Å². The first-order valence-corrected chi connectivity index (χ1v) is 9.61. The van der Waals surface area contributed by atoms with E-state index in [1.807, 2.05) is 38.1 Å². The zero-order chi connectivity index (χ0) is 21.6. The van der Waals surface area contributed by atoms with Crippen LogP contribution in [0.15, 0.2) is 36.4 Å². The third-order valence-corrected chi connectivity index (χ3v) is 5.30. The van der Waals surface area contributed by atoms with Crippen molar-refractivity contribution >= 4 is 11.9 Å². The Labute approximate surface area is 170 Å². The van der Waals surface area contributed by atoms with E-state index in [0.717, 1.165) is 22.3 Å². The quantitative estimate of drug-likeness (QED) is 0.430. The van der Waals surface area contributed by atoms with Gasteiger partial charge in [0.15, 0.2) is 0 Å². The molecular formula is C23H28O6. The van der Waals surface area contributed by atoms with E-state index < -0.39 is 17.4 Å². The number of aliphatic carboxylic acids is 1. The standard InChI is InChI=1S/C23H28O6/c1-15-13-17(5-7-19(15)24)23(3,18-6-8-20(25)16(2)14-18)11-4-12-29-22(28)10-9-21(26)27/h5-8,13-14,24-25H,4,9-12H2,1-3H3,(H,26,27). The van der Waals surface area contributed by atoms with Crippen LogP contribution in [-0.4, -0.2) is 33.9 Å². The van der Waals surface area contributed by atoms with Gasteiger partial charge in [0.1, 0.15) is 11.5 Å². The van der Waals surface area contributed by atoms with Crippen molar-refractivity contribution in [2.24, 2.45) is 0 Å². The Bertz CT molecular complexity index is 835. The van der Waals surface area contributed by atoms with E-state index in [0.29, 0.717) is 12.8 Å². The van der Waals surface area contributed by atoms with Crippen LogP contribution in [0.25, 0.3) is 0 Å². The average molecular weight is 400 g/mol. The minimum atomic E-state index is -1.03. The molecule has 6 nitrogen and oxygen atoms in total. The van der Waals surface area contributed by atoms with Crippen molar-refractivity contribution in [3.63, 3.8) is 0 Å². The molecule has 0 fully saturated rings. The molecule has 0 saturated heterocycles.